The minimum atomic E-state index is -0.901. The van der Waals surface area contributed by atoms with Gasteiger partial charge in [0.15, 0.2) is 5.78 Å². The molecule has 0 saturated carbocycles. The number of carbonyl (C=O) groups excluding carboxylic acids is 3. The number of rotatable bonds is 8. The van der Waals surface area contributed by atoms with Crippen LogP contribution in [0.1, 0.15) is 50.7 Å². The fourth-order valence-electron chi connectivity index (χ4n) is 4.56. The fourth-order valence-corrected chi connectivity index (χ4v) is 4.56. The molecule has 1 N–H and O–H groups in total. The maximum absolute atomic E-state index is 13.6. The van der Waals surface area contributed by atoms with Crippen molar-refractivity contribution in [3.8, 4) is 0 Å². The molecule has 1 heterocycles. The summed E-state index contributed by atoms with van der Waals surface area (Å²) in [7, 11) is 1.29. The van der Waals surface area contributed by atoms with E-state index in [1.54, 1.807) is 0 Å². The average Bonchev–Trinajstić information content (AvgIpc) is 2.78. The van der Waals surface area contributed by atoms with Gasteiger partial charge in [-0.1, -0.05) is 43.7 Å². The third-order valence-corrected chi connectivity index (χ3v) is 6.18. The molecular weight excluding hydrogens is 422 g/mol. The van der Waals surface area contributed by atoms with Gasteiger partial charge in [0, 0.05) is 29.5 Å². The molecule has 2 aliphatic rings. The molecule has 0 radical (unpaired) electrons. The number of ether oxygens (including phenoxy) is 3. The average molecular weight is 456 g/mol. The molecule has 1 aliphatic heterocycles. The summed E-state index contributed by atoms with van der Waals surface area (Å²) in [5.74, 6) is -3.10. The Labute approximate surface area is 195 Å². The van der Waals surface area contributed by atoms with Crippen LogP contribution in [0.5, 0.6) is 0 Å². The number of dihydropyridines is 1. The minimum absolute atomic E-state index is 0.123. The Morgan fingerprint density at radius 3 is 2.42 bits per heavy atom. The highest BCUT2D eigenvalue weighted by Gasteiger charge is 2.47. The largest absolute Gasteiger partial charge is 0.468 e. The molecule has 0 unspecified atom stereocenters. The Bertz CT molecular complexity index is 975. The summed E-state index contributed by atoms with van der Waals surface area (Å²) < 4.78 is 15.9. The number of Topliss-reactive ketones (excluding diaryl/α,β-unsaturated/α-hetero) is 1. The third kappa shape index (κ3) is 5.19. The molecule has 33 heavy (non-hydrogen) atoms. The van der Waals surface area contributed by atoms with E-state index in [0.717, 1.165) is 23.2 Å². The van der Waals surface area contributed by atoms with Crippen molar-refractivity contribution in [1.82, 2.24) is 5.32 Å². The number of esters is 2. The maximum Gasteiger partial charge on any atom is 0.336 e. The van der Waals surface area contributed by atoms with E-state index in [2.05, 4.69) is 5.32 Å². The van der Waals surface area contributed by atoms with Crippen molar-refractivity contribution in [2.45, 2.75) is 46.5 Å². The summed E-state index contributed by atoms with van der Waals surface area (Å²) in [5.41, 5.74) is 4.08. The first-order valence-corrected chi connectivity index (χ1v) is 11.4. The number of aryl methyl sites for hydroxylation is 1. The summed E-state index contributed by atoms with van der Waals surface area (Å²) >= 11 is 0. The van der Waals surface area contributed by atoms with Crippen LogP contribution >= 0.6 is 0 Å². The highest BCUT2D eigenvalue weighted by molar-refractivity contribution is 6.12. The van der Waals surface area contributed by atoms with Crippen molar-refractivity contribution in [3.63, 3.8) is 0 Å². The minimum Gasteiger partial charge on any atom is -0.468 e. The van der Waals surface area contributed by atoms with Crippen LogP contribution in [-0.2, 0) is 28.6 Å². The Kier molecular flexibility index (Phi) is 8.08. The zero-order valence-corrected chi connectivity index (χ0v) is 20.0. The van der Waals surface area contributed by atoms with Crippen LogP contribution in [0.3, 0.4) is 0 Å². The molecule has 3 atom stereocenters. The van der Waals surface area contributed by atoms with Gasteiger partial charge in [0.1, 0.15) is 12.5 Å². The van der Waals surface area contributed by atoms with Crippen LogP contribution in [0.25, 0.3) is 0 Å². The second-order valence-electron chi connectivity index (χ2n) is 8.69. The molecule has 178 valence electrons. The van der Waals surface area contributed by atoms with E-state index in [4.69, 9.17) is 14.2 Å². The van der Waals surface area contributed by atoms with Gasteiger partial charge in [-0.15, -0.1) is 0 Å². The zero-order valence-electron chi connectivity index (χ0n) is 20.0. The van der Waals surface area contributed by atoms with Gasteiger partial charge in [0.2, 0.25) is 0 Å². The van der Waals surface area contributed by atoms with E-state index >= 15 is 0 Å². The molecular formula is C26H33NO6. The number of nitrogens with one attached hydrogen (secondary N) is 1. The van der Waals surface area contributed by atoms with Crippen molar-refractivity contribution >= 4 is 17.7 Å². The fraction of sp³-hybridized carbons (Fsp3) is 0.500. The molecule has 0 fully saturated rings. The highest BCUT2D eigenvalue weighted by atomic mass is 16.6. The number of benzene rings is 1. The second-order valence-corrected chi connectivity index (χ2v) is 8.69. The van der Waals surface area contributed by atoms with E-state index in [9.17, 15) is 14.4 Å². The van der Waals surface area contributed by atoms with Gasteiger partial charge in [-0.2, -0.15) is 0 Å². The van der Waals surface area contributed by atoms with Crippen LogP contribution in [0.2, 0.25) is 0 Å². The molecule has 0 bridgehead atoms. The van der Waals surface area contributed by atoms with Crippen LogP contribution < -0.4 is 5.32 Å². The van der Waals surface area contributed by atoms with Gasteiger partial charge < -0.3 is 19.5 Å². The summed E-state index contributed by atoms with van der Waals surface area (Å²) in [6.07, 6.45) is 1.39. The number of carbonyl (C=O) groups is 3. The van der Waals surface area contributed by atoms with E-state index < -0.39 is 23.8 Å². The molecule has 0 spiro atoms. The standard InChI is InChI=1S/C26H33NO6/c1-6-11-32-12-13-33-26(30)21-17(4)27-19-14-16(3)20(25(29)31-5)24(28)23(19)22(21)18-9-7-15(2)8-10-18/h7-10,16,20,22,27H,6,11-14H2,1-5H3/t16-,20+,22+/m1/s1. The van der Waals surface area contributed by atoms with E-state index in [1.807, 2.05) is 52.0 Å². The Morgan fingerprint density at radius 1 is 1.09 bits per heavy atom. The summed E-state index contributed by atoms with van der Waals surface area (Å²) in [6.45, 7) is 8.70. The first-order chi connectivity index (χ1) is 15.8. The molecule has 7 heteroatoms. The van der Waals surface area contributed by atoms with Crippen LogP contribution in [0.15, 0.2) is 46.8 Å². The molecule has 1 aliphatic carbocycles. The van der Waals surface area contributed by atoms with Crippen molar-refractivity contribution < 1.29 is 28.6 Å². The first kappa shape index (κ1) is 24.7. The number of hydrogen-bond acceptors (Lipinski definition) is 7. The smallest absolute Gasteiger partial charge is 0.336 e. The molecule has 0 saturated heterocycles. The predicted molar refractivity (Wildman–Crippen MR) is 123 cm³/mol. The predicted octanol–water partition coefficient (Wildman–Crippen LogP) is 3.58. The van der Waals surface area contributed by atoms with Gasteiger partial charge in [-0.25, -0.2) is 4.79 Å². The Morgan fingerprint density at radius 2 is 1.79 bits per heavy atom. The summed E-state index contributed by atoms with van der Waals surface area (Å²) in [5, 5.41) is 3.26. The van der Waals surface area contributed by atoms with E-state index in [-0.39, 0.29) is 18.3 Å². The normalized spacial score (nSPS) is 22.6. The summed E-state index contributed by atoms with van der Waals surface area (Å²) in [4.78, 5) is 39.3. The van der Waals surface area contributed by atoms with Gasteiger partial charge in [0.05, 0.1) is 19.3 Å². The Balaban J connectivity index is 2.01. The van der Waals surface area contributed by atoms with Gasteiger partial charge >= 0.3 is 11.9 Å². The number of ketones is 1. The highest BCUT2D eigenvalue weighted by Crippen LogP contribution is 2.45. The maximum atomic E-state index is 13.6. The molecule has 1 aromatic carbocycles. The first-order valence-electron chi connectivity index (χ1n) is 11.4. The quantitative estimate of drug-likeness (QED) is 0.364. The van der Waals surface area contributed by atoms with Gasteiger partial charge in [-0.3, -0.25) is 9.59 Å². The lowest BCUT2D eigenvalue weighted by Crippen LogP contribution is -2.43. The van der Waals surface area contributed by atoms with Crippen LogP contribution in [-0.4, -0.2) is 44.7 Å². The van der Waals surface area contributed by atoms with Crippen molar-refractivity contribution in [2.24, 2.45) is 11.8 Å². The summed E-state index contributed by atoms with van der Waals surface area (Å²) in [6, 6.07) is 7.73. The molecule has 1 aromatic rings. The lowest BCUT2D eigenvalue weighted by Gasteiger charge is -2.38. The zero-order chi connectivity index (χ0) is 24.1. The SMILES string of the molecule is CCCOCCOC(=O)C1=C(C)NC2=C(C(=O)[C@@H](C(=O)OC)[C@H](C)C2)[C@H]1c1ccc(C)cc1. The van der Waals surface area contributed by atoms with Crippen molar-refractivity contribution in [2.75, 3.05) is 26.9 Å². The second kappa shape index (κ2) is 10.8. The van der Waals surface area contributed by atoms with Gasteiger partial charge in [-0.05, 0) is 38.2 Å². The van der Waals surface area contributed by atoms with Crippen molar-refractivity contribution in [3.05, 3.63) is 57.9 Å². The molecule has 7 nitrogen and oxygen atoms in total. The number of hydrogen-bond donors (Lipinski definition) is 1. The van der Waals surface area contributed by atoms with Gasteiger partial charge in [0.25, 0.3) is 0 Å². The molecule has 0 aromatic heterocycles. The lowest BCUT2D eigenvalue weighted by atomic mass is 9.69. The van der Waals surface area contributed by atoms with Crippen LogP contribution in [0, 0.1) is 18.8 Å². The van der Waals surface area contributed by atoms with E-state index in [0.29, 0.717) is 36.5 Å². The van der Waals surface area contributed by atoms with Crippen LogP contribution in [0.4, 0.5) is 0 Å². The van der Waals surface area contributed by atoms with E-state index in [1.165, 1.54) is 7.11 Å². The van der Waals surface area contributed by atoms with Crippen molar-refractivity contribution in [1.29, 1.82) is 0 Å². The number of allylic oxidation sites excluding steroid dienone is 3. The topological polar surface area (TPSA) is 90.9 Å². The lowest BCUT2D eigenvalue weighted by molar-refractivity contribution is -0.151. The number of methoxy groups -OCH3 is 1. The monoisotopic (exact) mass is 455 g/mol. The molecule has 0 amide bonds. The molecule has 3 rings (SSSR count). The Hall–Kier alpha value is -2.93. The third-order valence-electron chi connectivity index (χ3n) is 6.18.